The minimum atomic E-state index is -0.935. The quantitative estimate of drug-likeness (QED) is 0.787. The molecule has 0 aromatic carbocycles. The second-order valence-corrected chi connectivity index (χ2v) is 5.59. The fraction of sp³-hybridized carbons (Fsp3) is 0.867. The van der Waals surface area contributed by atoms with Crippen molar-refractivity contribution >= 4 is 12.0 Å². The molecule has 1 rings (SSSR count). The number of rotatable bonds is 6. The third kappa shape index (κ3) is 5.02. The van der Waals surface area contributed by atoms with Crippen molar-refractivity contribution < 1.29 is 14.7 Å². The Hall–Kier alpha value is -1.26. The molecule has 1 saturated heterocycles. The van der Waals surface area contributed by atoms with Gasteiger partial charge in [-0.3, -0.25) is 0 Å². The summed E-state index contributed by atoms with van der Waals surface area (Å²) in [7, 11) is 0. The van der Waals surface area contributed by atoms with Crippen molar-refractivity contribution in [2.45, 2.75) is 77.3 Å². The maximum Gasteiger partial charge on any atom is 0.326 e. The van der Waals surface area contributed by atoms with Crippen LogP contribution in [0, 0.1) is 0 Å². The highest BCUT2D eigenvalue weighted by Gasteiger charge is 2.27. The molecule has 1 fully saturated rings. The summed E-state index contributed by atoms with van der Waals surface area (Å²) in [6.07, 6.45) is 7.52. The smallest absolute Gasteiger partial charge is 0.326 e. The van der Waals surface area contributed by atoms with Gasteiger partial charge >= 0.3 is 12.0 Å². The molecule has 0 aliphatic carbocycles. The average Bonchev–Trinajstić information content (AvgIpc) is 2.67. The molecule has 0 aromatic rings. The molecular formula is C15H28N2O3. The number of amides is 2. The Kier molecular flexibility index (Phi) is 7.41. The lowest BCUT2D eigenvalue weighted by Crippen LogP contribution is -2.51. The maximum atomic E-state index is 12.3. The molecule has 1 unspecified atom stereocenters. The first kappa shape index (κ1) is 16.8. The van der Waals surface area contributed by atoms with Crippen LogP contribution < -0.4 is 5.32 Å². The molecule has 1 heterocycles. The summed E-state index contributed by atoms with van der Waals surface area (Å²) < 4.78 is 0. The summed E-state index contributed by atoms with van der Waals surface area (Å²) in [6, 6.07) is -0.719. The molecule has 2 amide bonds. The Morgan fingerprint density at radius 1 is 1.30 bits per heavy atom. The van der Waals surface area contributed by atoms with Gasteiger partial charge in [-0.05, 0) is 25.7 Å². The van der Waals surface area contributed by atoms with Gasteiger partial charge in [-0.25, -0.2) is 9.59 Å². The van der Waals surface area contributed by atoms with Crippen molar-refractivity contribution in [2.24, 2.45) is 0 Å². The molecule has 2 atom stereocenters. The predicted molar refractivity (Wildman–Crippen MR) is 78.7 cm³/mol. The first-order valence-corrected chi connectivity index (χ1v) is 7.90. The molecule has 0 aromatic heterocycles. The molecule has 0 spiro atoms. The average molecular weight is 284 g/mol. The Morgan fingerprint density at radius 3 is 2.65 bits per heavy atom. The largest absolute Gasteiger partial charge is 0.480 e. The van der Waals surface area contributed by atoms with Crippen molar-refractivity contribution in [1.82, 2.24) is 10.2 Å². The molecule has 5 nitrogen and oxygen atoms in total. The zero-order chi connectivity index (χ0) is 15.0. The van der Waals surface area contributed by atoms with Crippen LogP contribution in [0.4, 0.5) is 4.79 Å². The molecule has 20 heavy (non-hydrogen) atoms. The molecule has 5 heteroatoms. The van der Waals surface area contributed by atoms with Crippen LogP contribution in [0.2, 0.25) is 0 Å². The maximum absolute atomic E-state index is 12.3. The van der Waals surface area contributed by atoms with Crippen molar-refractivity contribution in [3.05, 3.63) is 0 Å². The van der Waals surface area contributed by atoms with Gasteiger partial charge < -0.3 is 15.3 Å². The first-order chi connectivity index (χ1) is 9.60. The number of hydrogen-bond donors (Lipinski definition) is 2. The second kappa shape index (κ2) is 8.82. The molecule has 0 saturated carbocycles. The van der Waals surface area contributed by atoms with Crippen molar-refractivity contribution in [3.8, 4) is 0 Å². The first-order valence-electron chi connectivity index (χ1n) is 7.90. The number of nitrogens with zero attached hydrogens (tertiary/aromatic N) is 1. The standard InChI is InChI=1S/C15H28N2O3/c1-3-5-10-13(14(18)19)16-15(20)17-11-8-6-7-9-12(17)4-2/h12-13H,3-11H2,1-2H3,(H,16,20)(H,18,19)/t12?,13-/m0/s1. The normalized spacial score (nSPS) is 21.1. The number of aliphatic carboxylic acids is 1. The van der Waals surface area contributed by atoms with E-state index in [1.807, 2.05) is 11.8 Å². The van der Waals surface area contributed by atoms with Crippen LogP contribution in [0.5, 0.6) is 0 Å². The summed E-state index contributed by atoms with van der Waals surface area (Å²) >= 11 is 0. The van der Waals surface area contributed by atoms with Crippen LogP contribution in [-0.4, -0.2) is 40.6 Å². The van der Waals surface area contributed by atoms with Gasteiger partial charge in [0.2, 0.25) is 0 Å². The lowest BCUT2D eigenvalue weighted by molar-refractivity contribution is -0.139. The van der Waals surface area contributed by atoms with Gasteiger partial charge in [-0.2, -0.15) is 0 Å². The molecule has 1 aliphatic heterocycles. The second-order valence-electron chi connectivity index (χ2n) is 5.59. The molecule has 2 N–H and O–H groups in total. The van der Waals surface area contributed by atoms with Crippen molar-refractivity contribution in [3.63, 3.8) is 0 Å². The van der Waals surface area contributed by atoms with Gasteiger partial charge in [-0.15, -0.1) is 0 Å². The van der Waals surface area contributed by atoms with E-state index < -0.39 is 12.0 Å². The number of unbranched alkanes of at least 4 members (excludes halogenated alkanes) is 1. The third-order valence-electron chi connectivity index (χ3n) is 4.05. The van der Waals surface area contributed by atoms with Crippen LogP contribution >= 0.6 is 0 Å². The topological polar surface area (TPSA) is 69.6 Å². The molecule has 0 radical (unpaired) electrons. The number of carbonyl (C=O) groups excluding carboxylic acids is 1. The number of nitrogens with one attached hydrogen (secondary N) is 1. The molecule has 0 bridgehead atoms. The summed E-state index contributed by atoms with van der Waals surface area (Å²) in [5, 5.41) is 11.9. The molecule has 1 aliphatic rings. The van der Waals surface area contributed by atoms with Gasteiger partial charge in [0.25, 0.3) is 0 Å². The molecular weight excluding hydrogens is 256 g/mol. The van der Waals surface area contributed by atoms with Crippen molar-refractivity contribution in [2.75, 3.05) is 6.54 Å². The van der Waals surface area contributed by atoms with Crippen LogP contribution in [0.1, 0.15) is 65.2 Å². The number of hydrogen-bond acceptors (Lipinski definition) is 2. The van der Waals surface area contributed by atoms with Gasteiger partial charge in [-0.1, -0.05) is 39.5 Å². The predicted octanol–water partition coefficient (Wildman–Crippen LogP) is 2.99. The Balaban J connectivity index is 2.62. The van der Waals surface area contributed by atoms with Crippen LogP contribution in [-0.2, 0) is 4.79 Å². The van der Waals surface area contributed by atoms with E-state index in [2.05, 4.69) is 12.2 Å². The SMILES string of the molecule is CCCC[C@H](NC(=O)N1CCCCCC1CC)C(=O)O. The molecule has 116 valence electrons. The Morgan fingerprint density at radius 2 is 2.05 bits per heavy atom. The highest BCUT2D eigenvalue weighted by atomic mass is 16.4. The third-order valence-corrected chi connectivity index (χ3v) is 4.05. The van der Waals surface area contributed by atoms with E-state index >= 15 is 0 Å². The van der Waals surface area contributed by atoms with Gasteiger partial charge in [0, 0.05) is 12.6 Å². The van der Waals surface area contributed by atoms with Crippen LogP contribution in [0.25, 0.3) is 0 Å². The number of carboxylic acids is 1. The number of carbonyl (C=O) groups is 2. The summed E-state index contributed by atoms with van der Waals surface area (Å²) in [5.41, 5.74) is 0. The lowest BCUT2D eigenvalue weighted by atomic mass is 10.1. The van der Waals surface area contributed by atoms with Gasteiger partial charge in [0.15, 0.2) is 0 Å². The fourth-order valence-electron chi connectivity index (χ4n) is 2.77. The van der Waals surface area contributed by atoms with E-state index in [0.29, 0.717) is 6.42 Å². The number of carboxylic acid groups (broad SMARTS) is 1. The minimum Gasteiger partial charge on any atom is -0.480 e. The summed E-state index contributed by atoms with van der Waals surface area (Å²) in [4.78, 5) is 25.4. The highest BCUT2D eigenvalue weighted by molar-refractivity contribution is 5.82. The van der Waals surface area contributed by atoms with Crippen LogP contribution in [0.3, 0.4) is 0 Å². The van der Waals surface area contributed by atoms with Crippen LogP contribution in [0.15, 0.2) is 0 Å². The van der Waals surface area contributed by atoms with Crippen molar-refractivity contribution in [1.29, 1.82) is 0 Å². The van der Waals surface area contributed by atoms with E-state index in [0.717, 1.165) is 51.5 Å². The zero-order valence-corrected chi connectivity index (χ0v) is 12.7. The monoisotopic (exact) mass is 284 g/mol. The summed E-state index contributed by atoms with van der Waals surface area (Å²) in [6.45, 7) is 4.84. The van der Waals surface area contributed by atoms with E-state index in [4.69, 9.17) is 0 Å². The van der Waals surface area contributed by atoms with E-state index in [1.54, 1.807) is 0 Å². The van der Waals surface area contributed by atoms with E-state index in [1.165, 1.54) is 0 Å². The number of urea groups is 1. The Labute approximate surface area is 121 Å². The van der Waals surface area contributed by atoms with E-state index in [-0.39, 0.29) is 12.1 Å². The Bertz CT molecular complexity index is 320. The fourth-order valence-corrected chi connectivity index (χ4v) is 2.77. The lowest BCUT2D eigenvalue weighted by Gasteiger charge is -2.30. The number of likely N-dealkylation sites (tertiary alicyclic amines) is 1. The van der Waals surface area contributed by atoms with E-state index in [9.17, 15) is 14.7 Å². The van der Waals surface area contributed by atoms with Gasteiger partial charge in [0.1, 0.15) is 6.04 Å². The zero-order valence-electron chi connectivity index (χ0n) is 12.7. The summed E-state index contributed by atoms with van der Waals surface area (Å²) in [5.74, 6) is -0.935. The van der Waals surface area contributed by atoms with Gasteiger partial charge in [0.05, 0.1) is 0 Å². The minimum absolute atomic E-state index is 0.206. The highest BCUT2D eigenvalue weighted by Crippen LogP contribution is 2.19.